The Bertz CT molecular complexity index is 1020. The number of carboxylic acid groups (broad SMARTS) is 1. The normalized spacial score (nSPS) is 9.44. The predicted octanol–water partition coefficient (Wildman–Crippen LogP) is 2.47. The summed E-state index contributed by atoms with van der Waals surface area (Å²) in [4.78, 5) is 23.4. The number of hydrogen-bond acceptors (Lipinski definition) is 7. The number of rotatable bonds is 5. The second-order valence-electron chi connectivity index (χ2n) is 5.32. The van der Waals surface area contributed by atoms with Gasteiger partial charge in [0.2, 0.25) is 5.71 Å². The minimum absolute atomic E-state index is 0.215. The number of aromatic hydroxyl groups is 1. The Hall–Kier alpha value is -4.37. The number of hydrazone groups is 1. The van der Waals surface area contributed by atoms with Gasteiger partial charge >= 0.3 is 5.97 Å². The highest BCUT2D eigenvalue weighted by molar-refractivity contribution is 6.10. The summed E-state index contributed by atoms with van der Waals surface area (Å²) in [6, 6.07) is 11.6. The van der Waals surface area contributed by atoms with E-state index in [1.54, 1.807) is 31.2 Å². The van der Waals surface area contributed by atoms with Gasteiger partial charge in [0.1, 0.15) is 23.5 Å². The van der Waals surface area contributed by atoms with Crippen LogP contribution in [0, 0.1) is 29.6 Å². The van der Waals surface area contributed by atoms with Gasteiger partial charge in [-0.2, -0.15) is 15.6 Å². The molecule has 0 radical (unpaired) electrons. The summed E-state index contributed by atoms with van der Waals surface area (Å²) < 4.78 is 0. The van der Waals surface area contributed by atoms with E-state index in [1.165, 1.54) is 18.2 Å². The van der Waals surface area contributed by atoms with Gasteiger partial charge in [-0.1, -0.05) is 0 Å². The molecule has 0 saturated carbocycles. The summed E-state index contributed by atoms with van der Waals surface area (Å²) in [5, 5.41) is 42.0. The van der Waals surface area contributed by atoms with Gasteiger partial charge in [-0.3, -0.25) is 10.2 Å². The van der Waals surface area contributed by atoms with E-state index >= 15 is 0 Å². The molecule has 0 atom stereocenters. The topological polar surface area (TPSA) is 159 Å². The zero-order valence-corrected chi connectivity index (χ0v) is 14.0. The van der Waals surface area contributed by atoms with Crippen molar-refractivity contribution in [1.29, 1.82) is 10.5 Å². The van der Waals surface area contributed by atoms with Crippen molar-refractivity contribution in [3.63, 3.8) is 0 Å². The number of hydrogen-bond donors (Lipinski definition) is 4. The standard InChI is InChI=1S/C18H13N5O4/c1-10-6-11(2-4-15(10)23-22-13(8-19)9-20)17(25)21-12-3-5-16(24)14(7-12)18(26)27/h2-7,23-24H,1H3,(H,21,25)(H,26,27). The summed E-state index contributed by atoms with van der Waals surface area (Å²) in [5.74, 6) is -2.20. The van der Waals surface area contributed by atoms with E-state index in [1.807, 2.05) is 0 Å². The maximum atomic E-state index is 12.3. The number of nitrogens with zero attached hydrogens (tertiary/aromatic N) is 3. The molecule has 9 heteroatoms. The quantitative estimate of drug-likeness (QED) is 0.361. The smallest absolute Gasteiger partial charge is 0.339 e. The van der Waals surface area contributed by atoms with Crippen molar-refractivity contribution < 1.29 is 19.8 Å². The van der Waals surface area contributed by atoms with Crippen molar-refractivity contribution in [2.45, 2.75) is 6.92 Å². The van der Waals surface area contributed by atoms with E-state index in [2.05, 4.69) is 15.8 Å². The number of phenols is 1. The number of nitrogens with one attached hydrogen (secondary N) is 2. The van der Waals surface area contributed by atoms with Gasteiger partial charge in [0.25, 0.3) is 5.91 Å². The van der Waals surface area contributed by atoms with Crippen LogP contribution in [0.3, 0.4) is 0 Å². The molecule has 0 fully saturated rings. The molecular formula is C18H13N5O4. The van der Waals surface area contributed by atoms with Gasteiger partial charge in [0, 0.05) is 11.3 Å². The summed E-state index contributed by atoms with van der Waals surface area (Å²) >= 11 is 0. The number of anilines is 2. The molecule has 0 spiro atoms. The third kappa shape index (κ3) is 4.59. The maximum Gasteiger partial charge on any atom is 0.339 e. The maximum absolute atomic E-state index is 12.3. The van der Waals surface area contributed by atoms with Gasteiger partial charge in [-0.05, 0) is 48.9 Å². The highest BCUT2D eigenvalue weighted by Gasteiger charge is 2.13. The Kier molecular flexibility index (Phi) is 5.72. The van der Waals surface area contributed by atoms with Crippen LogP contribution in [0.5, 0.6) is 5.75 Å². The monoisotopic (exact) mass is 363 g/mol. The average molecular weight is 363 g/mol. The fourth-order valence-corrected chi connectivity index (χ4v) is 2.11. The minimum Gasteiger partial charge on any atom is -0.507 e. The van der Waals surface area contributed by atoms with Gasteiger partial charge < -0.3 is 15.5 Å². The molecule has 9 nitrogen and oxygen atoms in total. The van der Waals surface area contributed by atoms with Crippen LogP contribution in [-0.4, -0.2) is 27.8 Å². The summed E-state index contributed by atoms with van der Waals surface area (Å²) in [7, 11) is 0. The molecule has 0 aliphatic heterocycles. The summed E-state index contributed by atoms with van der Waals surface area (Å²) in [6.07, 6.45) is 0. The lowest BCUT2D eigenvalue weighted by molar-refractivity contribution is 0.0693. The molecule has 2 aromatic carbocycles. The molecule has 0 heterocycles. The molecule has 0 bridgehead atoms. The van der Waals surface area contributed by atoms with Gasteiger partial charge in [-0.15, -0.1) is 0 Å². The molecule has 2 rings (SSSR count). The Balaban J connectivity index is 2.19. The molecule has 1 amide bonds. The van der Waals surface area contributed by atoms with E-state index in [-0.39, 0.29) is 17.0 Å². The average Bonchev–Trinajstić information content (AvgIpc) is 2.64. The molecule has 0 saturated heterocycles. The Morgan fingerprint density at radius 2 is 1.81 bits per heavy atom. The van der Waals surface area contributed by atoms with E-state index in [9.17, 15) is 14.7 Å². The molecule has 2 aromatic rings. The van der Waals surface area contributed by atoms with Gasteiger partial charge in [-0.25, -0.2) is 4.79 Å². The van der Waals surface area contributed by atoms with Crippen LogP contribution in [-0.2, 0) is 0 Å². The van der Waals surface area contributed by atoms with Crippen LogP contribution in [0.25, 0.3) is 0 Å². The number of aryl methyl sites for hydroxylation is 1. The minimum atomic E-state index is -1.32. The third-order valence-corrected chi connectivity index (χ3v) is 3.47. The molecule has 27 heavy (non-hydrogen) atoms. The fourth-order valence-electron chi connectivity index (χ4n) is 2.11. The number of carboxylic acids is 1. The number of nitriles is 2. The van der Waals surface area contributed by atoms with Crippen LogP contribution in [0.15, 0.2) is 41.5 Å². The van der Waals surface area contributed by atoms with Gasteiger partial charge in [0.05, 0.1) is 5.69 Å². The SMILES string of the molecule is Cc1cc(C(=O)Nc2ccc(O)c(C(=O)O)c2)ccc1NN=C(C#N)C#N. The van der Waals surface area contributed by atoms with Crippen LogP contribution < -0.4 is 10.7 Å². The number of carbonyl (C=O) groups is 2. The lowest BCUT2D eigenvalue weighted by Gasteiger charge is -2.10. The highest BCUT2D eigenvalue weighted by Crippen LogP contribution is 2.23. The lowest BCUT2D eigenvalue weighted by Crippen LogP contribution is -2.13. The zero-order chi connectivity index (χ0) is 20.0. The molecular weight excluding hydrogens is 350 g/mol. The largest absolute Gasteiger partial charge is 0.507 e. The van der Waals surface area contributed by atoms with Crippen molar-refractivity contribution in [3.05, 3.63) is 53.1 Å². The lowest BCUT2D eigenvalue weighted by atomic mass is 10.1. The molecule has 0 aliphatic rings. The van der Waals surface area contributed by atoms with E-state index in [4.69, 9.17) is 15.6 Å². The molecule has 134 valence electrons. The third-order valence-electron chi connectivity index (χ3n) is 3.47. The van der Waals surface area contributed by atoms with Crippen molar-refractivity contribution in [1.82, 2.24) is 0 Å². The van der Waals surface area contributed by atoms with Crippen LogP contribution in [0.4, 0.5) is 11.4 Å². The Labute approximate surface area is 153 Å². The van der Waals surface area contributed by atoms with Crippen LogP contribution in [0.2, 0.25) is 0 Å². The number of amides is 1. The fraction of sp³-hybridized carbons (Fsp3) is 0.0556. The molecule has 4 N–H and O–H groups in total. The second-order valence-corrected chi connectivity index (χ2v) is 5.32. The van der Waals surface area contributed by atoms with Crippen LogP contribution >= 0.6 is 0 Å². The molecule has 0 unspecified atom stereocenters. The zero-order valence-electron chi connectivity index (χ0n) is 14.0. The molecule has 0 aromatic heterocycles. The number of benzene rings is 2. The first kappa shape index (κ1) is 19.0. The van der Waals surface area contributed by atoms with Gasteiger partial charge in [0.15, 0.2) is 0 Å². The highest BCUT2D eigenvalue weighted by atomic mass is 16.4. The molecule has 0 aliphatic carbocycles. The number of aromatic carboxylic acids is 1. The summed E-state index contributed by atoms with van der Waals surface area (Å²) in [5.41, 5.74) is 3.57. The van der Waals surface area contributed by atoms with Crippen molar-refractivity contribution >= 4 is 29.0 Å². The van der Waals surface area contributed by atoms with Crippen molar-refractivity contribution in [3.8, 4) is 17.9 Å². The second kappa shape index (κ2) is 8.14. The van der Waals surface area contributed by atoms with Crippen molar-refractivity contribution in [2.24, 2.45) is 5.10 Å². The Morgan fingerprint density at radius 3 is 2.41 bits per heavy atom. The first-order valence-electron chi connectivity index (χ1n) is 7.48. The first-order chi connectivity index (χ1) is 12.8. The summed E-state index contributed by atoms with van der Waals surface area (Å²) in [6.45, 7) is 1.70. The van der Waals surface area contributed by atoms with E-state index in [0.717, 1.165) is 6.07 Å². The van der Waals surface area contributed by atoms with Crippen molar-refractivity contribution in [2.75, 3.05) is 10.7 Å². The predicted molar refractivity (Wildman–Crippen MR) is 96.5 cm³/mol. The van der Waals surface area contributed by atoms with Crippen LogP contribution in [0.1, 0.15) is 26.3 Å². The van der Waals surface area contributed by atoms with E-state index < -0.39 is 17.6 Å². The number of carbonyl (C=O) groups excluding carboxylic acids is 1. The Morgan fingerprint density at radius 1 is 1.11 bits per heavy atom. The van der Waals surface area contributed by atoms with E-state index in [0.29, 0.717) is 16.8 Å². The first-order valence-corrected chi connectivity index (χ1v) is 7.48.